The second-order valence-electron chi connectivity index (χ2n) is 7.66. The van der Waals surface area contributed by atoms with E-state index in [0.29, 0.717) is 40.1 Å². The number of carbonyl (C=O) groups excluding carboxylic acids is 3. The van der Waals surface area contributed by atoms with Crippen molar-refractivity contribution in [3.05, 3.63) is 74.4 Å². The molecule has 0 radical (unpaired) electrons. The Kier molecular flexibility index (Phi) is 5.84. The smallest absolute Gasteiger partial charge is 0.262 e. The van der Waals surface area contributed by atoms with Gasteiger partial charge in [0.1, 0.15) is 17.7 Å². The fourth-order valence-electron chi connectivity index (χ4n) is 3.81. The van der Waals surface area contributed by atoms with Crippen LogP contribution in [0.5, 0.6) is 0 Å². The SMILES string of the molecule is C=C1CCC(n2c(C)nc3c(CCC(=O)C(=O)c4ccc(F)cc4)scc3c2=O)C(=O)N1. The van der Waals surface area contributed by atoms with Crippen LogP contribution < -0.4 is 10.9 Å². The van der Waals surface area contributed by atoms with Crippen LogP contribution in [0.2, 0.25) is 0 Å². The highest BCUT2D eigenvalue weighted by Crippen LogP contribution is 2.27. The third-order valence-corrected chi connectivity index (χ3v) is 6.52. The van der Waals surface area contributed by atoms with Gasteiger partial charge in [-0.1, -0.05) is 6.58 Å². The van der Waals surface area contributed by atoms with Gasteiger partial charge in [0.25, 0.3) is 5.56 Å². The van der Waals surface area contributed by atoms with E-state index < -0.39 is 23.4 Å². The Balaban J connectivity index is 1.56. The van der Waals surface area contributed by atoms with Crippen LogP contribution in [0.1, 0.15) is 46.4 Å². The second-order valence-corrected chi connectivity index (χ2v) is 8.63. The molecule has 3 heterocycles. The maximum absolute atomic E-state index is 13.1. The topological polar surface area (TPSA) is 98.1 Å². The van der Waals surface area contributed by atoms with Gasteiger partial charge in [-0.15, -0.1) is 11.3 Å². The molecule has 0 saturated carbocycles. The first-order valence-corrected chi connectivity index (χ1v) is 10.9. The second kappa shape index (κ2) is 8.58. The third-order valence-electron chi connectivity index (χ3n) is 5.48. The van der Waals surface area contributed by atoms with Gasteiger partial charge in [-0.3, -0.25) is 23.7 Å². The van der Waals surface area contributed by atoms with Gasteiger partial charge in [0, 0.05) is 27.9 Å². The first-order chi connectivity index (χ1) is 15.3. The number of thiophene rings is 1. The predicted molar refractivity (Wildman–Crippen MR) is 118 cm³/mol. The lowest BCUT2D eigenvalue weighted by Gasteiger charge is -2.26. The molecule has 1 aromatic carbocycles. The summed E-state index contributed by atoms with van der Waals surface area (Å²) in [4.78, 5) is 55.4. The van der Waals surface area contributed by atoms with Crippen molar-refractivity contribution in [1.29, 1.82) is 0 Å². The van der Waals surface area contributed by atoms with E-state index in [1.807, 2.05) is 0 Å². The van der Waals surface area contributed by atoms with Gasteiger partial charge in [0.05, 0.1) is 10.9 Å². The minimum absolute atomic E-state index is 0.0528. The molecule has 1 N–H and O–H groups in total. The largest absolute Gasteiger partial charge is 0.329 e. The zero-order chi connectivity index (χ0) is 23.0. The van der Waals surface area contributed by atoms with E-state index in [-0.39, 0.29) is 29.9 Å². The van der Waals surface area contributed by atoms with E-state index in [2.05, 4.69) is 16.9 Å². The molecular weight excluding hydrogens is 433 g/mol. The summed E-state index contributed by atoms with van der Waals surface area (Å²) in [6.45, 7) is 5.43. The Morgan fingerprint density at radius 2 is 2.00 bits per heavy atom. The van der Waals surface area contributed by atoms with Crippen molar-refractivity contribution in [2.75, 3.05) is 0 Å². The molecular formula is C23H20FN3O4S. The minimum Gasteiger partial charge on any atom is -0.329 e. The molecule has 1 fully saturated rings. The lowest BCUT2D eigenvalue weighted by molar-refractivity contribution is -0.125. The molecule has 32 heavy (non-hydrogen) atoms. The predicted octanol–water partition coefficient (Wildman–Crippen LogP) is 3.25. The summed E-state index contributed by atoms with van der Waals surface area (Å²) >= 11 is 1.29. The van der Waals surface area contributed by atoms with Gasteiger partial charge in [-0.25, -0.2) is 9.37 Å². The monoisotopic (exact) mass is 453 g/mol. The molecule has 1 atom stereocenters. The lowest BCUT2D eigenvalue weighted by atomic mass is 10.0. The minimum atomic E-state index is -0.678. The maximum atomic E-state index is 13.1. The van der Waals surface area contributed by atoms with Crippen LogP contribution in [-0.2, 0) is 16.0 Å². The average Bonchev–Trinajstić information content (AvgIpc) is 3.16. The van der Waals surface area contributed by atoms with Crippen LogP contribution in [0.3, 0.4) is 0 Å². The van der Waals surface area contributed by atoms with Crippen molar-refractivity contribution in [2.45, 2.75) is 38.6 Å². The number of aromatic nitrogens is 2. The van der Waals surface area contributed by atoms with E-state index in [4.69, 9.17) is 0 Å². The number of halogens is 1. The molecule has 1 aliphatic rings. The number of nitrogens with one attached hydrogen (secondary N) is 1. The standard InChI is InChI=1S/C23H20FN3O4S/c1-12-3-8-17(22(30)25-12)27-13(2)26-20-16(23(27)31)11-32-19(20)10-9-18(28)21(29)14-4-6-15(24)7-5-14/h4-7,11,17H,1,3,8-10H2,2H3,(H,25,30). The third kappa shape index (κ3) is 4.03. The molecule has 3 aromatic rings. The molecule has 2 aromatic heterocycles. The molecule has 7 nitrogen and oxygen atoms in total. The molecule has 0 bridgehead atoms. The van der Waals surface area contributed by atoms with Crippen molar-refractivity contribution < 1.29 is 18.8 Å². The first kappa shape index (κ1) is 21.8. The number of hydrogen-bond donors (Lipinski definition) is 1. The van der Waals surface area contributed by atoms with Gasteiger partial charge in [-0.05, 0) is 50.5 Å². The lowest BCUT2D eigenvalue weighted by Crippen LogP contribution is -2.41. The van der Waals surface area contributed by atoms with E-state index in [0.717, 1.165) is 12.1 Å². The molecule has 0 spiro atoms. The normalized spacial score (nSPS) is 16.2. The van der Waals surface area contributed by atoms with E-state index in [1.165, 1.54) is 28.0 Å². The van der Waals surface area contributed by atoms with Gasteiger partial charge < -0.3 is 5.32 Å². The number of fused-ring (bicyclic) bond motifs is 1. The number of carbonyl (C=O) groups is 3. The van der Waals surface area contributed by atoms with Crippen LogP contribution in [-0.4, -0.2) is 27.0 Å². The van der Waals surface area contributed by atoms with Crippen LogP contribution in [0.25, 0.3) is 10.9 Å². The number of piperidine rings is 1. The fourth-order valence-corrected chi connectivity index (χ4v) is 4.77. The number of Topliss-reactive ketones (excluding diaryl/α,β-unsaturated/α-hetero) is 2. The highest BCUT2D eigenvalue weighted by molar-refractivity contribution is 7.11. The average molecular weight is 453 g/mol. The molecule has 1 amide bonds. The van der Waals surface area contributed by atoms with Gasteiger partial charge in [0.15, 0.2) is 0 Å². The molecule has 0 aliphatic carbocycles. The van der Waals surface area contributed by atoms with Crippen LogP contribution in [0.15, 0.2) is 46.7 Å². The number of nitrogens with zero attached hydrogens (tertiary/aromatic N) is 2. The molecule has 1 aliphatic heterocycles. The number of rotatable bonds is 6. The zero-order valence-electron chi connectivity index (χ0n) is 17.3. The van der Waals surface area contributed by atoms with E-state index in [9.17, 15) is 23.6 Å². The molecule has 164 valence electrons. The maximum Gasteiger partial charge on any atom is 0.262 e. The summed E-state index contributed by atoms with van der Waals surface area (Å²) in [5, 5.41) is 4.74. The summed E-state index contributed by atoms with van der Waals surface area (Å²) in [6.07, 6.45) is 1.25. The molecule has 4 rings (SSSR count). The van der Waals surface area contributed by atoms with Gasteiger partial charge >= 0.3 is 0 Å². The quantitative estimate of drug-likeness (QED) is 0.456. The molecule has 1 saturated heterocycles. The Labute approximate surface area is 186 Å². The Bertz CT molecular complexity index is 1320. The van der Waals surface area contributed by atoms with Crippen molar-refractivity contribution in [3.8, 4) is 0 Å². The Morgan fingerprint density at radius 1 is 1.28 bits per heavy atom. The van der Waals surface area contributed by atoms with Crippen LogP contribution in [0, 0.1) is 12.7 Å². The summed E-state index contributed by atoms with van der Waals surface area (Å²) in [5.41, 5.74) is 0.939. The van der Waals surface area contributed by atoms with Crippen LogP contribution >= 0.6 is 11.3 Å². The van der Waals surface area contributed by atoms with E-state index >= 15 is 0 Å². The van der Waals surface area contributed by atoms with Crippen LogP contribution in [0.4, 0.5) is 4.39 Å². The number of aryl methyl sites for hydroxylation is 2. The summed E-state index contributed by atoms with van der Waals surface area (Å²) in [5.74, 6) is -1.64. The number of hydrogen-bond acceptors (Lipinski definition) is 6. The number of ketones is 2. The molecule has 1 unspecified atom stereocenters. The van der Waals surface area contributed by atoms with Gasteiger partial charge in [-0.2, -0.15) is 0 Å². The van der Waals surface area contributed by atoms with Crippen molar-refractivity contribution >= 4 is 39.7 Å². The highest BCUT2D eigenvalue weighted by atomic mass is 32.1. The Morgan fingerprint density at radius 3 is 2.69 bits per heavy atom. The Hall–Kier alpha value is -3.46. The number of benzene rings is 1. The van der Waals surface area contributed by atoms with Crippen molar-refractivity contribution in [1.82, 2.24) is 14.9 Å². The first-order valence-electron chi connectivity index (χ1n) is 10.1. The zero-order valence-corrected chi connectivity index (χ0v) is 18.1. The van der Waals surface area contributed by atoms with Gasteiger partial charge in [0.2, 0.25) is 17.5 Å². The van der Waals surface area contributed by atoms with Crippen molar-refractivity contribution in [2.24, 2.45) is 0 Å². The highest BCUT2D eigenvalue weighted by Gasteiger charge is 2.29. The van der Waals surface area contributed by atoms with E-state index in [1.54, 1.807) is 12.3 Å². The fraction of sp³-hybridized carbons (Fsp3) is 0.261. The summed E-state index contributed by atoms with van der Waals surface area (Å²) in [7, 11) is 0. The number of allylic oxidation sites excluding steroid dienone is 1. The summed E-state index contributed by atoms with van der Waals surface area (Å²) in [6, 6.07) is 4.17. The molecule has 9 heteroatoms. The van der Waals surface area contributed by atoms with Crippen molar-refractivity contribution in [3.63, 3.8) is 0 Å². The summed E-state index contributed by atoms with van der Waals surface area (Å²) < 4.78 is 14.4. The number of amides is 1.